The van der Waals surface area contributed by atoms with Gasteiger partial charge in [0.05, 0.1) is 11.7 Å². The summed E-state index contributed by atoms with van der Waals surface area (Å²) in [5, 5.41) is 11.9. The van der Waals surface area contributed by atoms with Crippen molar-refractivity contribution >= 4 is 21.7 Å². The third kappa shape index (κ3) is 7.98. The Morgan fingerprint density at radius 3 is 2.27 bits per heavy atom. The highest BCUT2D eigenvalue weighted by Gasteiger charge is 2.25. The van der Waals surface area contributed by atoms with Crippen molar-refractivity contribution in [2.24, 2.45) is 0 Å². The van der Waals surface area contributed by atoms with Gasteiger partial charge in [0, 0.05) is 24.2 Å². The molecule has 0 saturated heterocycles. The summed E-state index contributed by atoms with van der Waals surface area (Å²) in [5.41, 5.74) is 1.63. The number of halogens is 2. The minimum Gasteiger partial charge on any atom is -0.492 e. The molecule has 1 aromatic heterocycles. The fourth-order valence-electron chi connectivity index (χ4n) is 4.18. The molecule has 41 heavy (non-hydrogen) atoms. The molecular formula is C29H27F2N3O6S. The molecule has 0 saturated carbocycles. The molecule has 0 bridgehead atoms. The zero-order valence-electron chi connectivity index (χ0n) is 21.9. The maximum atomic E-state index is 13.7. The van der Waals surface area contributed by atoms with Crippen molar-refractivity contribution in [1.82, 2.24) is 15.3 Å². The van der Waals surface area contributed by atoms with E-state index >= 15 is 0 Å². The molecule has 3 aromatic carbocycles. The van der Waals surface area contributed by atoms with E-state index in [0.29, 0.717) is 22.7 Å². The first-order chi connectivity index (χ1) is 19.5. The third-order valence-corrected chi connectivity index (χ3v) is 7.29. The number of hydrogen-bond acceptors (Lipinski definition) is 6. The number of carboxylic acids is 1. The number of nitrogens with one attached hydrogen (secondary N) is 2. The van der Waals surface area contributed by atoms with E-state index in [4.69, 9.17) is 4.74 Å². The van der Waals surface area contributed by atoms with Gasteiger partial charge < -0.3 is 20.1 Å². The predicted molar refractivity (Wildman–Crippen MR) is 147 cm³/mol. The number of nitrogens with zero attached hydrogens (tertiary/aromatic N) is 1. The monoisotopic (exact) mass is 583 g/mol. The van der Waals surface area contributed by atoms with Crippen molar-refractivity contribution in [2.45, 2.75) is 18.4 Å². The van der Waals surface area contributed by atoms with Crippen molar-refractivity contribution in [3.63, 3.8) is 0 Å². The van der Waals surface area contributed by atoms with Crippen LogP contribution in [0.2, 0.25) is 0 Å². The van der Waals surface area contributed by atoms with E-state index in [0.717, 1.165) is 11.8 Å². The van der Waals surface area contributed by atoms with E-state index < -0.39 is 39.3 Å². The molecule has 12 heteroatoms. The summed E-state index contributed by atoms with van der Waals surface area (Å²) >= 11 is 0. The second-order valence-corrected chi connectivity index (χ2v) is 11.6. The van der Waals surface area contributed by atoms with Crippen molar-refractivity contribution in [3.05, 3.63) is 108 Å². The number of aromatic amines is 1. The quantitative estimate of drug-likeness (QED) is 0.227. The number of hydrogen-bond donors (Lipinski definition) is 3. The van der Waals surface area contributed by atoms with E-state index in [1.807, 2.05) is 0 Å². The Kier molecular flexibility index (Phi) is 9.13. The van der Waals surface area contributed by atoms with Crippen LogP contribution in [0.1, 0.15) is 34.1 Å². The summed E-state index contributed by atoms with van der Waals surface area (Å²) in [6.45, 7) is 0.0973. The number of aromatic nitrogens is 2. The largest absolute Gasteiger partial charge is 0.492 e. The van der Waals surface area contributed by atoms with Gasteiger partial charge in [0.1, 0.15) is 45.7 Å². The molecule has 0 radical (unpaired) electrons. The summed E-state index contributed by atoms with van der Waals surface area (Å²) in [5.74, 6) is -2.86. The van der Waals surface area contributed by atoms with E-state index in [9.17, 15) is 31.9 Å². The molecule has 1 unspecified atom stereocenters. The van der Waals surface area contributed by atoms with E-state index in [-0.39, 0.29) is 30.3 Å². The highest BCUT2D eigenvalue weighted by atomic mass is 32.2. The number of carbonyl (C=O) groups excluding carboxylic acids is 1. The van der Waals surface area contributed by atoms with Crippen LogP contribution in [0.4, 0.5) is 8.78 Å². The molecule has 214 valence electrons. The number of sulfone groups is 1. The number of rotatable bonds is 12. The Labute approximate surface area is 235 Å². The van der Waals surface area contributed by atoms with Crippen LogP contribution in [0.15, 0.2) is 79.1 Å². The van der Waals surface area contributed by atoms with Crippen LogP contribution < -0.4 is 10.1 Å². The lowest BCUT2D eigenvalue weighted by molar-refractivity contribution is -0.139. The lowest BCUT2D eigenvalue weighted by Crippen LogP contribution is -2.42. The van der Waals surface area contributed by atoms with Gasteiger partial charge in [-0.2, -0.15) is 0 Å². The van der Waals surface area contributed by atoms with E-state index in [1.54, 1.807) is 30.6 Å². The summed E-state index contributed by atoms with van der Waals surface area (Å²) in [4.78, 5) is 32.3. The minimum atomic E-state index is -3.46. The first kappa shape index (κ1) is 29.4. The standard InChI is InChI=1S/C29H27F2N3O6S/c1-41(38,39)15-12-26(29(36)37)34-28(35)23-11-10-22(16-24(23)18-2-6-20(30)7-3-18)40-17-25(27-32-13-14-33-27)19-4-8-21(31)9-5-19/h2-11,13-14,16,25-26H,12,15,17H2,1H3,(H,32,33)(H,34,35)(H,36,37)/t25?,26-/m0/s1. The van der Waals surface area contributed by atoms with E-state index in [1.165, 1.54) is 48.5 Å². The van der Waals surface area contributed by atoms with Crippen LogP contribution >= 0.6 is 0 Å². The van der Waals surface area contributed by atoms with Gasteiger partial charge in [-0.25, -0.2) is 27.0 Å². The molecular weight excluding hydrogens is 556 g/mol. The molecule has 4 aromatic rings. The van der Waals surface area contributed by atoms with Gasteiger partial charge in [-0.1, -0.05) is 24.3 Å². The van der Waals surface area contributed by atoms with Crippen LogP contribution in [-0.2, 0) is 14.6 Å². The minimum absolute atomic E-state index is 0.0793. The van der Waals surface area contributed by atoms with Gasteiger partial charge in [-0.15, -0.1) is 0 Å². The zero-order chi connectivity index (χ0) is 29.6. The highest BCUT2D eigenvalue weighted by Crippen LogP contribution is 2.30. The second-order valence-electron chi connectivity index (χ2n) is 9.39. The lowest BCUT2D eigenvalue weighted by Gasteiger charge is -2.19. The number of carbonyl (C=O) groups is 2. The molecule has 9 nitrogen and oxygen atoms in total. The third-order valence-electron chi connectivity index (χ3n) is 6.31. The SMILES string of the molecule is CS(=O)(=O)CC[C@H](NC(=O)c1ccc(OCC(c2ccc(F)cc2)c2ncc[nH]2)cc1-c1ccc(F)cc1)C(=O)O. The predicted octanol–water partition coefficient (Wildman–Crippen LogP) is 4.18. The van der Waals surface area contributed by atoms with Crippen LogP contribution in [0.3, 0.4) is 0 Å². The summed E-state index contributed by atoms with van der Waals surface area (Å²) in [6.07, 6.45) is 3.91. The average molecular weight is 584 g/mol. The maximum absolute atomic E-state index is 13.7. The highest BCUT2D eigenvalue weighted by molar-refractivity contribution is 7.90. The fourth-order valence-corrected chi connectivity index (χ4v) is 4.84. The van der Waals surface area contributed by atoms with Crippen LogP contribution in [-0.4, -0.2) is 60.0 Å². The molecule has 0 aliphatic heterocycles. The van der Waals surface area contributed by atoms with Crippen LogP contribution in [0.5, 0.6) is 5.75 Å². The molecule has 3 N–H and O–H groups in total. The molecule has 0 spiro atoms. The molecule has 1 amide bonds. The topological polar surface area (TPSA) is 138 Å². The average Bonchev–Trinajstić information content (AvgIpc) is 3.46. The van der Waals surface area contributed by atoms with Gasteiger partial charge in [0.2, 0.25) is 0 Å². The number of imidazole rings is 1. The lowest BCUT2D eigenvalue weighted by atomic mass is 9.97. The molecule has 4 rings (SSSR count). The Morgan fingerprint density at radius 2 is 1.68 bits per heavy atom. The summed E-state index contributed by atoms with van der Waals surface area (Å²) in [7, 11) is -3.46. The van der Waals surface area contributed by atoms with Crippen molar-refractivity contribution in [1.29, 1.82) is 0 Å². The molecule has 2 atom stereocenters. The number of H-pyrrole nitrogens is 1. The Hall–Kier alpha value is -4.58. The number of ether oxygens (including phenoxy) is 1. The normalized spacial score (nSPS) is 12.9. The molecule has 0 fully saturated rings. The van der Waals surface area contributed by atoms with E-state index in [2.05, 4.69) is 15.3 Å². The van der Waals surface area contributed by atoms with Crippen molar-refractivity contribution < 1.29 is 36.6 Å². The molecule has 0 aliphatic rings. The van der Waals surface area contributed by atoms with Gasteiger partial charge in [0.15, 0.2) is 0 Å². The number of carboxylic acid groups (broad SMARTS) is 1. The van der Waals surface area contributed by atoms with Crippen LogP contribution in [0.25, 0.3) is 11.1 Å². The zero-order valence-corrected chi connectivity index (χ0v) is 22.7. The van der Waals surface area contributed by atoms with Crippen molar-refractivity contribution in [2.75, 3.05) is 18.6 Å². The first-order valence-electron chi connectivity index (χ1n) is 12.5. The van der Waals surface area contributed by atoms with Gasteiger partial charge >= 0.3 is 5.97 Å². The fraction of sp³-hybridized carbons (Fsp3) is 0.207. The van der Waals surface area contributed by atoms with Crippen LogP contribution in [0, 0.1) is 11.6 Å². The Balaban J connectivity index is 1.62. The maximum Gasteiger partial charge on any atom is 0.326 e. The molecule has 1 heterocycles. The number of aliphatic carboxylic acids is 1. The van der Waals surface area contributed by atoms with Gasteiger partial charge in [-0.05, 0) is 65.6 Å². The van der Waals surface area contributed by atoms with Gasteiger partial charge in [0.25, 0.3) is 5.91 Å². The summed E-state index contributed by atoms with van der Waals surface area (Å²) in [6, 6.07) is 14.4. The molecule has 0 aliphatic carbocycles. The van der Waals surface area contributed by atoms with Gasteiger partial charge in [-0.3, -0.25) is 4.79 Å². The van der Waals surface area contributed by atoms with Crippen molar-refractivity contribution in [3.8, 4) is 16.9 Å². The first-order valence-corrected chi connectivity index (χ1v) is 14.5. The second kappa shape index (κ2) is 12.7. The smallest absolute Gasteiger partial charge is 0.326 e. The summed E-state index contributed by atoms with van der Waals surface area (Å²) < 4.78 is 56.3. The number of benzene rings is 3. The Bertz CT molecular complexity index is 1610. The Morgan fingerprint density at radius 1 is 1.02 bits per heavy atom. The number of amides is 1.